The summed E-state index contributed by atoms with van der Waals surface area (Å²) in [7, 11) is 3.39. The predicted molar refractivity (Wildman–Crippen MR) is 86.2 cm³/mol. The first kappa shape index (κ1) is 14.2. The van der Waals surface area contributed by atoms with E-state index in [1.54, 1.807) is 14.2 Å². The highest BCUT2D eigenvalue weighted by Crippen LogP contribution is 2.26. The lowest BCUT2D eigenvalue weighted by atomic mass is 10.0. The molecule has 0 amide bonds. The van der Waals surface area contributed by atoms with E-state index >= 15 is 0 Å². The Labute approximate surface area is 127 Å². The first-order valence-electron chi connectivity index (χ1n) is 6.10. The number of hydrogen-bond donors (Lipinski definition) is 0. The zero-order valence-corrected chi connectivity index (χ0v) is 13.5. The van der Waals surface area contributed by atoms with E-state index < -0.39 is 0 Å². The van der Waals surface area contributed by atoms with E-state index in [1.165, 1.54) is 16.7 Å². The van der Waals surface area contributed by atoms with Gasteiger partial charge in [-0.15, -0.1) is 0 Å². The van der Waals surface area contributed by atoms with Crippen molar-refractivity contribution >= 4 is 22.6 Å². The van der Waals surface area contributed by atoms with Gasteiger partial charge in [0.2, 0.25) is 0 Å². The molecule has 0 unspecified atom stereocenters. The van der Waals surface area contributed by atoms with Crippen LogP contribution >= 0.6 is 22.6 Å². The van der Waals surface area contributed by atoms with Gasteiger partial charge in [0, 0.05) is 0 Å². The number of aryl methyl sites for hydroxylation is 1. The molecule has 0 aromatic heterocycles. The molecule has 3 heteroatoms. The van der Waals surface area contributed by atoms with Crippen molar-refractivity contribution in [3.63, 3.8) is 0 Å². The summed E-state index contributed by atoms with van der Waals surface area (Å²) in [6.45, 7) is 2.12. The minimum absolute atomic E-state index is 0.893. The van der Waals surface area contributed by atoms with Gasteiger partial charge >= 0.3 is 0 Å². The second-order valence-corrected chi connectivity index (χ2v) is 5.60. The summed E-state index contributed by atoms with van der Waals surface area (Å²) in [6, 6.07) is 12.5. The molecule has 0 fully saturated rings. The van der Waals surface area contributed by atoms with E-state index in [4.69, 9.17) is 9.47 Å². The molecule has 0 aliphatic carbocycles. The number of hydrogen-bond acceptors (Lipinski definition) is 2. The maximum Gasteiger partial charge on any atom is 0.132 e. The lowest BCUT2D eigenvalue weighted by Crippen LogP contribution is -1.96. The van der Waals surface area contributed by atoms with Crippen LogP contribution in [0.15, 0.2) is 36.4 Å². The van der Waals surface area contributed by atoms with Crippen LogP contribution < -0.4 is 9.47 Å². The summed E-state index contributed by atoms with van der Waals surface area (Å²) in [4.78, 5) is 0. The van der Waals surface area contributed by atoms with Crippen LogP contribution in [-0.2, 0) is 6.42 Å². The summed E-state index contributed by atoms with van der Waals surface area (Å²) in [5.74, 6) is 1.83. The fraction of sp³-hybridized carbons (Fsp3) is 0.250. The minimum atomic E-state index is 0.893. The van der Waals surface area contributed by atoms with Crippen molar-refractivity contribution in [3.05, 3.63) is 56.7 Å². The first-order chi connectivity index (χ1) is 9.13. The normalized spacial score (nSPS) is 10.3. The Morgan fingerprint density at radius 1 is 1.00 bits per heavy atom. The van der Waals surface area contributed by atoms with Crippen molar-refractivity contribution < 1.29 is 9.47 Å². The predicted octanol–water partition coefficient (Wildman–Crippen LogP) is 4.21. The smallest absolute Gasteiger partial charge is 0.132 e. The first-order valence-corrected chi connectivity index (χ1v) is 7.18. The molecule has 0 radical (unpaired) electrons. The second kappa shape index (κ2) is 6.28. The van der Waals surface area contributed by atoms with Crippen molar-refractivity contribution in [1.82, 2.24) is 0 Å². The fourth-order valence-corrected chi connectivity index (χ4v) is 2.76. The highest BCUT2D eigenvalue weighted by Gasteiger charge is 2.06. The Balaban J connectivity index is 2.25. The van der Waals surface area contributed by atoms with Crippen LogP contribution in [0.3, 0.4) is 0 Å². The van der Waals surface area contributed by atoms with E-state index in [1.807, 2.05) is 12.1 Å². The third-order valence-corrected chi connectivity index (χ3v) is 4.01. The summed E-state index contributed by atoms with van der Waals surface area (Å²) >= 11 is 2.31. The van der Waals surface area contributed by atoms with Crippen LogP contribution in [0, 0.1) is 10.5 Å². The molecule has 0 saturated carbocycles. The molecule has 100 valence electrons. The monoisotopic (exact) mass is 368 g/mol. The summed E-state index contributed by atoms with van der Waals surface area (Å²) < 4.78 is 11.7. The van der Waals surface area contributed by atoms with Crippen molar-refractivity contribution in [2.45, 2.75) is 13.3 Å². The van der Waals surface area contributed by atoms with Crippen molar-refractivity contribution in [3.8, 4) is 11.5 Å². The van der Waals surface area contributed by atoms with Crippen LogP contribution in [0.2, 0.25) is 0 Å². The van der Waals surface area contributed by atoms with Crippen LogP contribution in [0.5, 0.6) is 11.5 Å². The lowest BCUT2D eigenvalue weighted by molar-refractivity contribution is 0.411. The van der Waals surface area contributed by atoms with E-state index in [0.29, 0.717) is 0 Å². The zero-order chi connectivity index (χ0) is 13.8. The molecule has 0 saturated heterocycles. The molecule has 0 aliphatic rings. The maximum atomic E-state index is 5.34. The second-order valence-electron chi connectivity index (χ2n) is 4.44. The van der Waals surface area contributed by atoms with Gasteiger partial charge < -0.3 is 9.47 Å². The molecule has 0 bridgehead atoms. The Kier molecular flexibility index (Phi) is 4.69. The minimum Gasteiger partial charge on any atom is -0.497 e. The van der Waals surface area contributed by atoms with Crippen molar-refractivity contribution in [1.29, 1.82) is 0 Å². The number of ether oxygens (including phenoxy) is 2. The van der Waals surface area contributed by atoms with Crippen molar-refractivity contribution in [2.24, 2.45) is 0 Å². The standard InChI is InChI=1S/C16H17IO2/c1-11-8-16(19-3)15(17)10-13(11)9-12-4-6-14(18-2)7-5-12/h4-8,10H,9H2,1-3H3. The van der Waals surface area contributed by atoms with Crippen LogP contribution in [-0.4, -0.2) is 14.2 Å². The highest BCUT2D eigenvalue weighted by molar-refractivity contribution is 14.1. The molecule has 0 N–H and O–H groups in total. The van der Waals surface area contributed by atoms with Crippen LogP contribution in [0.1, 0.15) is 16.7 Å². The molecular formula is C16H17IO2. The molecule has 0 spiro atoms. The van der Waals surface area contributed by atoms with Gasteiger partial charge in [-0.1, -0.05) is 12.1 Å². The Morgan fingerprint density at radius 2 is 1.68 bits per heavy atom. The Hall–Kier alpha value is -1.23. The van der Waals surface area contributed by atoms with Gasteiger partial charge in [-0.3, -0.25) is 0 Å². The highest BCUT2D eigenvalue weighted by atomic mass is 127. The van der Waals surface area contributed by atoms with Gasteiger partial charge in [-0.2, -0.15) is 0 Å². The number of rotatable bonds is 4. The fourth-order valence-electron chi connectivity index (χ4n) is 2.01. The molecule has 2 nitrogen and oxygen atoms in total. The summed E-state index contributed by atoms with van der Waals surface area (Å²) in [5, 5.41) is 0. The quantitative estimate of drug-likeness (QED) is 0.753. The maximum absolute atomic E-state index is 5.34. The van der Waals surface area contributed by atoms with Gasteiger partial charge in [-0.05, 0) is 76.9 Å². The average molecular weight is 368 g/mol. The molecule has 2 rings (SSSR count). The van der Waals surface area contributed by atoms with Crippen LogP contribution in [0.4, 0.5) is 0 Å². The average Bonchev–Trinajstić information content (AvgIpc) is 2.43. The molecule has 2 aromatic rings. The van der Waals surface area contributed by atoms with Gasteiger partial charge in [0.25, 0.3) is 0 Å². The van der Waals surface area contributed by atoms with Gasteiger partial charge in [0.15, 0.2) is 0 Å². The third kappa shape index (κ3) is 3.41. The summed E-state index contributed by atoms with van der Waals surface area (Å²) in [6.07, 6.45) is 0.926. The van der Waals surface area contributed by atoms with E-state index in [-0.39, 0.29) is 0 Å². The Bertz CT molecular complexity index is 562. The Morgan fingerprint density at radius 3 is 2.26 bits per heavy atom. The van der Waals surface area contributed by atoms with E-state index in [0.717, 1.165) is 21.5 Å². The lowest BCUT2D eigenvalue weighted by Gasteiger charge is -2.11. The summed E-state index contributed by atoms with van der Waals surface area (Å²) in [5.41, 5.74) is 3.87. The zero-order valence-electron chi connectivity index (χ0n) is 11.4. The molecule has 19 heavy (non-hydrogen) atoms. The van der Waals surface area contributed by atoms with Gasteiger partial charge in [0.05, 0.1) is 17.8 Å². The molecule has 0 aliphatic heterocycles. The number of methoxy groups -OCH3 is 2. The SMILES string of the molecule is COc1ccc(Cc2cc(I)c(OC)cc2C)cc1. The third-order valence-electron chi connectivity index (χ3n) is 3.16. The van der Waals surface area contributed by atoms with Crippen LogP contribution in [0.25, 0.3) is 0 Å². The molecule has 0 heterocycles. The largest absolute Gasteiger partial charge is 0.497 e. The van der Waals surface area contributed by atoms with Gasteiger partial charge in [0.1, 0.15) is 11.5 Å². The number of benzene rings is 2. The molecular weight excluding hydrogens is 351 g/mol. The van der Waals surface area contributed by atoms with E-state index in [9.17, 15) is 0 Å². The topological polar surface area (TPSA) is 18.5 Å². The van der Waals surface area contributed by atoms with Crippen molar-refractivity contribution in [2.75, 3.05) is 14.2 Å². The van der Waals surface area contributed by atoms with E-state index in [2.05, 4.69) is 53.8 Å². The van der Waals surface area contributed by atoms with Gasteiger partial charge in [-0.25, -0.2) is 0 Å². The number of halogens is 1. The molecule has 0 atom stereocenters. The molecule has 2 aromatic carbocycles.